The summed E-state index contributed by atoms with van der Waals surface area (Å²) in [5.74, 6) is -0.386. The molecule has 0 aliphatic carbocycles. The Labute approximate surface area is 207 Å². The van der Waals surface area contributed by atoms with E-state index in [1.54, 1.807) is 60.7 Å². The molecule has 4 rings (SSSR count). The van der Waals surface area contributed by atoms with E-state index in [1.807, 2.05) is 12.1 Å². The number of ether oxygens (including phenoxy) is 1. The van der Waals surface area contributed by atoms with Gasteiger partial charge in [0.15, 0.2) is 23.1 Å². The molecule has 0 aliphatic rings. The number of aromatic hydroxyl groups is 1. The van der Waals surface area contributed by atoms with E-state index in [-0.39, 0.29) is 17.3 Å². The topological polar surface area (TPSA) is 69.9 Å². The van der Waals surface area contributed by atoms with E-state index >= 15 is 0 Å². The van der Waals surface area contributed by atoms with Crippen molar-refractivity contribution in [3.8, 4) is 17.2 Å². The van der Waals surface area contributed by atoms with Gasteiger partial charge < -0.3 is 19.9 Å². The summed E-state index contributed by atoms with van der Waals surface area (Å²) in [6.07, 6.45) is 0. The van der Waals surface area contributed by atoms with Crippen LogP contribution in [0.3, 0.4) is 0 Å². The van der Waals surface area contributed by atoms with Crippen molar-refractivity contribution in [2.24, 2.45) is 0 Å². The molecule has 0 fully saturated rings. The molecule has 170 valence electrons. The van der Waals surface area contributed by atoms with Crippen LogP contribution < -0.4 is 10.2 Å². The Balaban J connectivity index is 0.000000186. The predicted molar refractivity (Wildman–Crippen MR) is 133 cm³/mol. The average molecular weight is 580 g/mol. The molecular weight excluding hydrogens is 561 g/mol. The van der Waals surface area contributed by atoms with Crippen LogP contribution >= 0.6 is 31.9 Å². The number of hydrogen-bond acceptors (Lipinski definition) is 4. The molecule has 0 spiro atoms. The average Bonchev–Trinajstić information content (AvgIpc) is 2.80. The largest absolute Gasteiger partial charge is 0.505 e. The second kappa shape index (κ2) is 13.7. The van der Waals surface area contributed by atoms with Gasteiger partial charge in [-0.2, -0.15) is 0 Å². The lowest BCUT2D eigenvalue weighted by Crippen LogP contribution is -2.29. The standard InChI is InChI=1S/C12H8BrFO.C6H6BBrO2.C6H5FO/c13-9-5-7-10(8-6-9)15-12-4-2-1-3-11(12)14;8-6-3-1-5(2-4-6)7(9)10;7-5-3-1-2-4-6(5)8/h1-8H;1-4,9-10H;1-4,8H. The molecule has 4 aromatic carbocycles. The maximum absolute atomic E-state index is 13.2. The molecule has 4 nitrogen and oxygen atoms in total. The Morgan fingerprint density at radius 2 is 1.12 bits per heavy atom. The van der Waals surface area contributed by atoms with E-state index < -0.39 is 12.9 Å². The summed E-state index contributed by atoms with van der Waals surface area (Å²) in [6.45, 7) is 0. The van der Waals surface area contributed by atoms with E-state index in [0.29, 0.717) is 11.2 Å². The van der Waals surface area contributed by atoms with Crippen molar-refractivity contribution in [2.45, 2.75) is 0 Å². The van der Waals surface area contributed by atoms with Gasteiger partial charge >= 0.3 is 7.12 Å². The van der Waals surface area contributed by atoms with Gasteiger partial charge in [0.25, 0.3) is 0 Å². The van der Waals surface area contributed by atoms with Crippen molar-refractivity contribution in [3.63, 3.8) is 0 Å². The highest BCUT2D eigenvalue weighted by Crippen LogP contribution is 2.25. The van der Waals surface area contributed by atoms with Crippen molar-refractivity contribution in [1.29, 1.82) is 0 Å². The van der Waals surface area contributed by atoms with Gasteiger partial charge in [-0.25, -0.2) is 8.78 Å². The number of benzene rings is 4. The first-order valence-electron chi connectivity index (χ1n) is 9.49. The van der Waals surface area contributed by atoms with Crippen molar-refractivity contribution in [2.75, 3.05) is 0 Å². The zero-order valence-corrected chi connectivity index (χ0v) is 20.2. The Kier molecular flexibility index (Phi) is 11.1. The van der Waals surface area contributed by atoms with E-state index in [0.717, 1.165) is 8.95 Å². The van der Waals surface area contributed by atoms with Gasteiger partial charge in [0.05, 0.1) is 0 Å². The second-order valence-corrected chi connectivity index (χ2v) is 8.19. The Morgan fingerprint density at radius 3 is 1.58 bits per heavy atom. The molecule has 0 heterocycles. The smallest absolute Gasteiger partial charge is 0.488 e. The number of rotatable bonds is 3. The normalized spacial score (nSPS) is 9.64. The number of phenolic OH excluding ortho intramolecular Hbond substituents is 1. The van der Waals surface area contributed by atoms with E-state index in [9.17, 15) is 8.78 Å². The Bertz CT molecular complexity index is 1110. The zero-order valence-electron chi connectivity index (χ0n) is 17.1. The first kappa shape index (κ1) is 26.5. The fraction of sp³-hybridized carbons (Fsp3) is 0. The Hall–Kier alpha value is -2.72. The van der Waals surface area contributed by atoms with Crippen molar-refractivity contribution in [3.05, 3.63) is 118 Å². The van der Waals surface area contributed by atoms with E-state index in [4.69, 9.17) is 19.9 Å². The lowest BCUT2D eigenvalue weighted by molar-refractivity contribution is 0.425. The quantitative estimate of drug-likeness (QED) is 0.259. The van der Waals surface area contributed by atoms with Crippen LogP contribution in [0.4, 0.5) is 8.78 Å². The minimum absolute atomic E-state index is 0.236. The molecule has 0 unspecified atom stereocenters. The molecule has 0 aromatic heterocycles. The SMILES string of the molecule is Fc1ccccc1Oc1ccc(Br)cc1.OB(O)c1ccc(Br)cc1.Oc1ccccc1F. The van der Waals surface area contributed by atoms with Gasteiger partial charge in [-0.1, -0.05) is 68.3 Å². The fourth-order valence-corrected chi connectivity index (χ4v) is 2.77. The van der Waals surface area contributed by atoms with Gasteiger partial charge in [0.2, 0.25) is 0 Å². The van der Waals surface area contributed by atoms with Crippen LogP contribution in [0.2, 0.25) is 0 Å². The number of phenols is 1. The molecule has 0 atom stereocenters. The van der Waals surface area contributed by atoms with Crippen LogP contribution in [-0.2, 0) is 0 Å². The second-order valence-electron chi connectivity index (χ2n) is 6.36. The third-order valence-corrected chi connectivity index (χ3v) is 4.96. The highest BCUT2D eigenvalue weighted by Gasteiger charge is 2.08. The van der Waals surface area contributed by atoms with Gasteiger partial charge in [0.1, 0.15) is 5.75 Å². The molecule has 0 bridgehead atoms. The summed E-state index contributed by atoms with van der Waals surface area (Å²) in [7, 11) is -1.37. The van der Waals surface area contributed by atoms with Crippen molar-refractivity contribution >= 4 is 44.4 Å². The first-order valence-corrected chi connectivity index (χ1v) is 11.1. The molecule has 0 amide bonds. The highest BCUT2D eigenvalue weighted by molar-refractivity contribution is 9.10. The molecule has 0 radical (unpaired) electrons. The monoisotopic (exact) mass is 578 g/mol. The zero-order chi connectivity index (χ0) is 24.2. The number of para-hydroxylation sites is 2. The van der Waals surface area contributed by atoms with Crippen molar-refractivity contribution in [1.82, 2.24) is 0 Å². The molecule has 0 saturated heterocycles. The van der Waals surface area contributed by atoms with Gasteiger partial charge in [-0.15, -0.1) is 0 Å². The fourth-order valence-electron chi connectivity index (χ4n) is 2.24. The molecule has 4 aromatic rings. The lowest BCUT2D eigenvalue weighted by Gasteiger charge is -2.05. The maximum Gasteiger partial charge on any atom is 0.488 e. The minimum atomic E-state index is -1.37. The highest BCUT2D eigenvalue weighted by atomic mass is 79.9. The van der Waals surface area contributed by atoms with Gasteiger partial charge in [-0.05, 0) is 66.1 Å². The molecule has 0 aliphatic heterocycles. The van der Waals surface area contributed by atoms with Crippen LogP contribution in [0.25, 0.3) is 0 Å². The van der Waals surface area contributed by atoms with Crippen LogP contribution in [0.1, 0.15) is 0 Å². The summed E-state index contributed by atoms with van der Waals surface area (Å²) in [5, 5.41) is 25.9. The molecule has 33 heavy (non-hydrogen) atoms. The third kappa shape index (κ3) is 9.75. The van der Waals surface area contributed by atoms with Crippen LogP contribution in [0.15, 0.2) is 106 Å². The first-order chi connectivity index (χ1) is 15.8. The summed E-state index contributed by atoms with van der Waals surface area (Å²) < 4.78 is 32.5. The van der Waals surface area contributed by atoms with E-state index in [2.05, 4.69) is 31.9 Å². The molecule has 3 N–H and O–H groups in total. The van der Waals surface area contributed by atoms with E-state index in [1.165, 1.54) is 24.3 Å². The van der Waals surface area contributed by atoms with Crippen LogP contribution in [-0.4, -0.2) is 22.3 Å². The van der Waals surface area contributed by atoms with Gasteiger partial charge in [0, 0.05) is 8.95 Å². The maximum atomic E-state index is 13.2. The summed E-state index contributed by atoms with van der Waals surface area (Å²) >= 11 is 6.55. The number of hydrogen-bond donors (Lipinski definition) is 3. The summed E-state index contributed by atoms with van der Waals surface area (Å²) in [6, 6.07) is 26.0. The summed E-state index contributed by atoms with van der Waals surface area (Å²) in [5.41, 5.74) is 0.503. The molecule has 9 heteroatoms. The minimum Gasteiger partial charge on any atom is -0.505 e. The van der Waals surface area contributed by atoms with Crippen molar-refractivity contribution < 1.29 is 28.7 Å². The van der Waals surface area contributed by atoms with Gasteiger partial charge in [-0.3, -0.25) is 0 Å². The predicted octanol–water partition coefficient (Wildman–Crippen LogP) is 6.04. The van der Waals surface area contributed by atoms with Crippen LogP contribution in [0, 0.1) is 11.6 Å². The summed E-state index contributed by atoms with van der Waals surface area (Å²) in [4.78, 5) is 0. The van der Waals surface area contributed by atoms with Crippen LogP contribution in [0.5, 0.6) is 17.2 Å². The molecular formula is C24H19BBr2F2O4. The lowest BCUT2D eigenvalue weighted by atomic mass is 9.81. The third-order valence-electron chi connectivity index (χ3n) is 3.90. The Morgan fingerprint density at radius 1 is 0.636 bits per heavy atom. The number of halogens is 4. The molecule has 0 saturated carbocycles.